The normalized spacial score (nSPS) is 11.8. The van der Waals surface area contributed by atoms with E-state index in [1.54, 1.807) is 37.4 Å². The molecule has 0 spiro atoms. The molecular formula is C18H13ClN2O3S2. The molecule has 0 bridgehead atoms. The first-order chi connectivity index (χ1) is 12.5. The molecule has 0 fully saturated rings. The van der Waals surface area contributed by atoms with Crippen LogP contribution in [0.15, 0.2) is 69.7 Å². The van der Waals surface area contributed by atoms with Crippen LogP contribution in [0.3, 0.4) is 0 Å². The zero-order chi connectivity index (χ0) is 18.3. The van der Waals surface area contributed by atoms with Gasteiger partial charge >= 0.3 is 0 Å². The summed E-state index contributed by atoms with van der Waals surface area (Å²) in [5, 5.41) is 0.913. The Morgan fingerprint density at radius 1 is 1.15 bits per heavy atom. The van der Waals surface area contributed by atoms with Gasteiger partial charge in [-0.15, -0.1) is 11.3 Å². The Labute approximate surface area is 159 Å². The number of rotatable bonds is 4. The van der Waals surface area contributed by atoms with Gasteiger partial charge in [-0.3, -0.25) is 0 Å². The predicted octanol–water partition coefficient (Wildman–Crippen LogP) is 5.21. The molecule has 0 saturated heterocycles. The second-order valence-electron chi connectivity index (χ2n) is 5.65. The van der Waals surface area contributed by atoms with Gasteiger partial charge in [0.15, 0.2) is 12.2 Å². The van der Waals surface area contributed by atoms with Gasteiger partial charge in [-0.25, -0.2) is 4.98 Å². The van der Waals surface area contributed by atoms with Gasteiger partial charge in [-0.1, -0.05) is 30.3 Å². The lowest BCUT2D eigenvalue weighted by Crippen LogP contribution is -2.21. The number of benzene rings is 2. The van der Waals surface area contributed by atoms with E-state index in [0.717, 1.165) is 13.9 Å². The Bertz CT molecular complexity index is 1180. The number of aromatic nitrogens is 1. The van der Waals surface area contributed by atoms with Crippen molar-refractivity contribution in [3.63, 3.8) is 0 Å². The highest BCUT2D eigenvalue weighted by Gasteiger charge is 2.28. The smallest absolute Gasteiger partial charge is 0.287 e. The number of anilines is 1. The zero-order valence-corrected chi connectivity index (χ0v) is 16.0. The summed E-state index contributed by atoms with van der Waals surface area (Å²) >= 11 is 7.48. The van der Waals surface area contributed by atoms with Crippen molar-refractivity contribution in [1.29, 1.82) is 0 Å². The first-order valence-electron chi connectivity index (χ1n) is 7.66. The first-order valence-corrected chi connectivity index (χ1v) is 10.3. The van der Waals surface area contributed by atoms with E-state index >= 15 is 0 Å². The van der Waals surface area contributed by atoms with Crippen molar-refractivity contribution in [2.24, 2.45) is 0 Å². The maximum Gasteiger partial charge on any atom is 0.287 e. The molecular weight excluding hydrogens is 392 g/mol. The lowest BCUT2D eigenvalue weighted by atomic mass is 10.2. The number of hydrogen-bond donors (Lipinski definition) is 0. The van der Waals surface area contributed by atoms with Crippen LogP contribution in [0.5, 0.6) is 0 Å². The molecule has 132 valence electrons. The van der Waals surface area contributed by atoms with Crippen molar-refractivity contribution in [3.8, 4) is 11.3 Å². The maximum atomic E-state index is 13.1. The highest BCUT2D eigenvalue weighted by molar-refractivity contribution is 7.96. The average molecular weight is 405 g/mol. The van der Waals surface area contributed by atoms with E-state index < -0.39 is 10.0 Å². The molecule has 8 heteroatoms. The summed E-state index contributed by atoms with van der Waals surface area (Å²) in [5.41, 5.74) is 1.72. The van der Waals surface area contributed by atoms with Gasteiger partial charge in [0.25, 0.3) is 10.0 Å². The summed E-state index contributed by atoms with van der Waals surface area (Å²) in [6.07, 6.45) is 2.88. The van der Waals surface area contributed by atoms with Crippen LogP contribution in [0.25, 0.3) is 21.4 Å². The van der Waals surface area contributed by atoms with Gasteiger partial charge in [0, 0.05) is 22.0 Å². The minimum absolute atomic E-state index is 0.235. The Balaban J connectivity index is 1.78. The molecule has 4 rings (SSSR count). The van der Waals surface area contributed by atoms with Crippen molar-refractivity contribution in [3.05, 3.63) is 66.7 Å². The molecule has 0 radical (unpaired) electrons. The fourth-order valence-electron chi connectivity index (χ4n) is 2.74. The fraction of sp³-hybridized carbons (Fsp3) is 0.0556. The monoisotopic (exact) mass is 404 g/mol. The molecule has 26 heavy (non-hydrogen) atoms. The van der Waals surface area contributed by atoms with Gasteiger partial charge in [-0.05, 0) is 36.1 Å². The Morgan fingerprint density at radius 3 is 2.69 bits per heavy atom. The highest BCUT2D eigenvalue weighted by Crippen LogP contribution is 2.38. The van der Waals surface area contributed by atoms with Crippen molar-refractivity contribution in [2.75, 3.05) is 3.82 Å². The summed E-state index contributed by atoms with van der Waals surface area (Å²) in [6, 6.07) is 14.4. The number of halogens is 1. The van der Waals surface area contributed by atoms with E-state index in [1.807, 2.05) is 24.3 Å². The van der Waals surface area contributed by atoms with Gasteiger partial charge < -0.3 is 4.42 Å². The van der Waals surface area contributed by atoms with Crippen LogP contribution in [0.1, 0.15) is 5.56 Å². The van der Waals surface area contributed by atoms with Crippen molar-refractivity contribution in [2.45, 2.75) is 11.1 Å². The number of aryl methyl sites for hydroxylation is 1. The standard InChI is InChI=1S/C18H13ClN2O3S2/c1-12-15-7-2-3-8-17(15)25-18(12)26(22,23)21(19)14-6-4-5-13(9-14)16-10-20-11-24-16/h2-11H,1H3. The van der Waals surface area contributed by atoms with Crippen molar-refractivity contribution in [1.82, 2.24) is 4.98 Å². The SMILES string of the molecule is Cc1c(S(=O)(=O)N(Cl)c2cccc(-c3cnco3)c2)sc2ccccc12. The Morgan fingerprint density at radius 2 is 1.96 bits per heavy atom. The van der Waals surface area contributed by atoms with Gasteiger partial charge in [0.1, 0.15) is 4.21 Å². The molecule has 0 amide bonds. The van der Waals surface area contributed by atoms with Crippen LogP contribution in [0.4, 0.5) is 5.69 Å². The van der Waals surface area contributed by atoms with Gasteiger partial charge in [0.05, 0.1) is 11.9 Å². The molecule has 5 nitrogen and oxygen atoms in total. The minimum Gasteiger partial charge on any atom is -0.444 e. The van der Waals surface area contributed by atoms with E-state index in [9.17, 15) is 8.42 Å². The molecule has 0 aliphatic heterocycles. The molecule has 0 aliphatic carbocycles. The second-order valence-corrected chi connectivity index (χ2v) is 9.22. The average Bonchev–Trinajstić information content (AvgIpc) is 3.30. The summed E-state index contributed by atoms with van der Waals surface area (Å²) in [6.45, 7) is 1.79. The number of thiophene rings is 1. The molecule has 0 saturated carbocycles. The third-order valence-corrected chi connectivity index (χ3v) is 8.11. The maximum absolute atomic E-state index is 13.1. The molecule has 2 heterocycles. The second kappa shape index (κ2) is 6.42. The van der Waals surface area contributed by atoms with Crippen LogP contribution in [0, 0.1) is 6.92 Å². The van der Waals surface area contributed by atoms with Crippen LogP contribution < -0.4 is 3.82 Å². The predicted molar refractivity (Wildman–Crippen MR) is 104 cm³/mol. The topological polar surface area (TPSA) is 63.4 Å². The van der Waals surface area contributed by atoms with Crippen LogP contribution in [-0.4, -0.2) is 13.4 Å². The largest absolute Gasteiger partial charge is 0.444 e. The summed E-state index contributed by atoms with van der Waals surface area (Å²) < 4.78 is 33.4. The number of fused-ring (bicyclic) bond motifs is 1. The number of sulfonamides is 1. The molecule has 0 aliphatic rings. The van der Waals surface area contributed by atoms with E-state index in [0.29, 0.717) is 22.6 Å². The number of oxazole rings is 1. The van der Waals surface area contributed by atoms with E-state index in [4.69, 9.17) is 16.2 Å². The van der Waals surface area contributed by atoms with E-state index in [2.05, 4.69) is 4.98 Å². The lowest BCUT2D eigenvalue weighted by Gasteiger charge is -2.16. The summed E-state index contributed by atoms with van der Waals surface area (Å²) in [4.78, 5) is 3.88. The number of nitrogens with zero attached hydrogens (tertiary/aromatic N) is 2. The Kier molecular flexibility index (Phi) is 4.22. The third-order valence-electron chi connectivity index (χ3n) is 4.01. The van der Waals surface area contributed by atoms with E-state index in [-0.39, 0.29) is 4.21 Å². The van der Waals surface area contributed by atoms with Crippen molar-refractivity contribution >= 4 is 48.9 Å². The molecule has 0 atom stereocenters. The van der Waals surface area contributed by atoms with Gasteiger partial charge in [-0.2, -0.15) is 12.2 Å². The van der Waals surface area contributed by atoms with Crippen LogP contribution in [0.2, 0.25) is 0 Å². The van der Waals surface area contributed by atoms with Gasteiger partial charge in [0.2, 0.25) is 0 Å². The lowest BCUT2D eigenvalue weighted by molar-refractivity contribution is 0.572. The molecule has 4 aromatic rings. The first kappa shape index (κ1) is 17.1. The van der Waals surface area contributed by atoms with Crippen LogP contribution in [-0.2, 0) is 10.0 Å². The molecule has 0 N–H and O–H groups in total. The summed E-state index contributed by atoms with van der Waals surface area (Å²) in [7, 11) is -3.90. The summed E-state index contributed by atoms with van der Waals surface area (Å²) in [5.74, 6) is 0.535. The minimum atomic E-state index is -3.90. The quantitative estimate of drug-likeness (QED) is 0.438. The molecule has 2 aromatic carbocycles. The third kappa shape index (κ3) is 2.78. The fourth-order valence-corrected chi connectivity index (χ4v) is 6.06. The highest BCUT2D eigenvalue weighted by atomic mass is 35.5. The Hall–Kier alpha value is -2.35. The zero-order valence-electron chi connectivity index (χ0n) is 13.6. The van der Waals surface area contributed by atoms with Crippen LogP contribution >= 0.6 is 23.1 Å². The molecule has 0 unspecified atom stereocenters. The molecule has 2 aromatic heterocycles. The number of hydrogen-bond acceptors (Lipinski definition) is 5. The van der Waals surface area contributed by atoms with E-state index in [1.165, 1.54) is 17.7 Å². The van der Waals surface area contributed by atoms with Crippen molar-refractivity contribution < 1.29 is 12.8 Å².